The average molecular weight is 311 g/mol. The number of hydrogen-bond acceptors (Lipinski definition) is 4. The summed E-state index contributed by atoms with van der Waals surface area (Å²) in [4.78, 5) is 4.48. The van der Waals surface area contributed by atoms with E-state index in [0.717, 1.165) is 34.3 Å². The summed E-state index contributed by atoms with van der Waals surface area (Å²) in [5.41, 5.74) is 4.29. The molecule has 6 nitrogen and oxygen atoms in total. The SMILES string of the molecule is COc1ccc(-c2cnc(NCc3cc(C)nn3C)n2C)cc1. The molecule has 2 aromatic heterocycles. The van der Waals surface area contributed by atoms with E-state index in [1.807, 2.05) is 60.7 Å². The molecule has 0 atom stereocenters. The maximum atomic E-state index is 5.20. The number of rotatable bonds is 5. The standard InChI is InChI=1S/C17H21N5O/c1-12-9-14(22(3)20-12)10-18-17-19-11-16(21(17)2)13-5-7-15(23-4)8-6-13/h5-9,11H,10H2,1-4H3,(H,18,19). The molecule has 0 aliphatic rings. The molecule has 0 aliphatic carbocycles. The van der Waals surface area contributed by atoms with Gasteiger partial charge in [0, 0.05) is 19.7 Å². The molecule has 120 valence electrons. The van der Waals surface area contributed by atoms with Crippen molar-refractivity contribution in [3.63, 3.8) is 0 Å². The fourth-order valence-electron chi connectivity index (χ4n) is 2.60. The lowest BCUT2D eigenvalue weighted by Gasteiger charge is -2.09. The molecule has 2 heterocycles. The third kappa shape index (κ3) is 3.06. The largest absolute Gasteiger partial charge is 0.497 e. The van der Waals surface area contributed by atoms with Crippen molar-refractivity contribution in [3.05, 3.63) is 47.9 Å². The molecular weight excluding hydrogens is 290 g/mol. The molecule has 0 bridgehead atoms. The van der Waals surface area contributed by atoms with Crippen LogP contribution in [0.1, 0.15) is 11.4 Å². The van der Waals surface area contributed by atoms with Crippen LogP contribution in [-0.2, 0) is 20.6 Å². The third-order valence-corrected chi connectivity index (χ3v) is 3.90. The van der Waals surface area contributed by atoms with Crippen molar-refractivity contribution in [1.29, 1.82) is 0 Å². The van der Waals surface area contributed by atoms with Gasteiger partial charge in [-0.2, -0.15) is 5.10 Å². The smallest absolute Gasteiger partial charge is 0.203 e. The van der Waals surface area contributed by atoms with Crippen LogP contribution in [0.5, 0.6) is 5.75 Å². The van der Waals surface area contributed by atoms with Crippen molar-refractivity contribution in [3.8, 4) is 17.0 Å². The van der Waals surface area contributed by atoms with Crippen LogP contribution in [0.15, 0.2) is 36.5 Å². The Morgan fingerprint density at radius 2 is 1.91 bits per heavy atom. The van der Waals surface area contributed by atoms with E-state index < -0.39 is 0 Å². The second kappa shape index (κ2) is 6.16. The van der Waals surface area contributed by atoms with E-state index in [1.54, 1.807) is 7.11 Å². The first-order valence-electron chi connectivity index (χ1n) is 7.48. The number of hydrogen-bond donors (Lipinski definition) is 1. The third-order valence-electron chi connectivity index (χ3n) is 3.90. The lowest BCUT2D eigenvalue weighted by molar-refractivity contribution is 0.415. The van der Waals surface area contributed by atoms with Crippen LogP contribution in [0.4, 0.5) is 5.95 Å². The Bertz CT molecular complexity index is 801. The van der Waals surface area contributed by atoms with E-state index in [0.29, 0.717) is 6.54 Å². The topological polar surface area (TPSA) is 56.9 Å². The van der Waals surface area contributed by atoms with Crippen LogP contribution in [-0.4, -0.2) is 26.4 Å². The Hall–Kier alpha value is -2.76. The Balaban J connectivity index is 1.77. The van der Waals surface area contributed by atoms with Crippen molar-refractivity contribution in [2.45, 2.75) is 13.5 Å². The summed E-state index contributed by atoms with van der Waals surface area (Å²) in [7, 11) is 5.62. The fraction of sp³-hybridized carbons (Fsp3) is 0.294. The molecule has 3 aromatic rings. The summed E-state index contributed by atoms with van der Waals surface area (Å²) in [5, 5.41) is 7.71. The van der Waals surface area contributed by atoms with Gasteiger partial charge in [0.1, 0.15) is 5.75 Å². The molecular formula is C17H21N5O. The molecule has 0 aliphatic heterocycles. The summed E-state index contributed by atoms with van der Waals surface area (Å²) in [6.07, 6.45) is 1.87. The van der Waals surface area contributed by atoms with Gasteiger partial charge < -0.3 is 14.6 Å². The molecule has 0 amide bonds. The van der Waals surface area contributed by atoms with E-state index in [2.05, 4.69) is 21.5 Å². The molecule has 3 rings (SSSR count). The quantitative estimate of drug-likeness (QED) is 0.787. The van der Waals surface area contributed by atoms with E-state index in [9.17, 15) is 0 Å². The molecule has 1 N–H and O–H groups in total. The van der Waals surface area contributed by atoms with Gasteiger partial charge in [-0.1, -0.05) is 0 Å². The maximum Gasteiger partial charge on any atom is 0.203 e. The van der Waals surface area contributed by atoms with Crippen molar-refractivity contribution in [2.75, 3.05) is 12.4 Å². The van der Waals surface area contributed by atoms with Gasteiger partial charge in [0.15, 0.2) is 0 Å². The minimum absolute atomic E-state index is 0.685. The van der Waals surface area contributed by atoms with Gasteiger partial charge in [-0.3, -0.25) is 4.68 Å². The first kappa shape index (κ1) is 15.1. The van der Waals surface area contributed by atoms with Gasteiger partial charge in [-0.15, -0.1) is 0 Å². The van der Waals surface area contributed by atoms with Crippen molar-refractivity contribution in [1.82, 2.24) is 19.3 Å². The Morgan fingerprint density at radius 3 is 2.52 bits per heavy atom. The van der Waals surface area contributed by atoms with Gasteiger partial charge in [-0.05, 0) is 37.3 Å². The summed E-state index contributed by atoms with van der Waals surface area (Å²) in [6.45, 7) is 2.68. The Labute approximate surface area is 135 Å². The normalized spacial score (nSPS) is 10.8. The number of aryl methyl sites for hydroxylation is 2. The van der Waals surface area contributed by atoms with Crippen LogP contribution >= 0.6 is 0 Å². The molecule has 0 saturated heterocycles. The van der Waals surface area contributed by atoms with Gasteiger partial charge in [0.25, 0.3) is 0 Å². The number of benzene rings is 1. The number of nitrogens with one attached hydrogen (secondary N) is 1. The zero-order chi connectivity index (χ0) is 16.4. The Kier molecular flexibility index (Phi) is 4.06. The van der Waals surface area contributed by atoms with Crippen molar-refractivity contribution < 1.29 is 4.74 Å². The number of methoxy groups -OCH3 is 1. The van der Waals surface area contributed by atoms with Crippen LogP contribution in [0.3, 0.4) is 0 Å². The number of ether oxygens (including phenoxy) is 1. The van der Waals surface area contributed by atoms with Crippen LogP contribution in [0, 0.1) is 6.92 Å². The molecule has 0 fully saturated rings. The minimum Gasteiger partial charge on any atom is -0.497 e. The molecule has 0 saturated carbocycles. The highest BCUT2D eigenvalue weighted by molar-refractivity contribution is 5.62. The second-order valence-corrected chi connectivity index (χ2v) is 5.51. The molecule has 23 heavy (non-hydrogen) atoms. The van der Waals surface area contributed by atoms with Crippen LogP contribution < -0.4 is 10.1 Å². The average Bonchev–Trinajstić information content (AvgIpc) is 3.07. The fourth-order valence-corrected chi connectivity index (χ4v) is 2.60. The van der Waals surface area contributed by atoms with E-state index in [1.165, 1.54) is 0 Å². The van der Waals surface area contributed by atoms with Gasteiger partial charge >= 0.3 is 0 Å². The number of nitrogens with zero attached hydrogens (tertiary/aromatic N) is 4. The van der Waals surface area contributed by atoms with Crippen LogP contribution in [0.2, 0.25) is 0 Å². The summed E-state index contributed by atoms with van der Waals surface area (Å²) in [6, 6.07) is 10.0. The monoisotopic (exact) mass is 311 g/mol. The zero-order valence-electron chi connectivity index (χ0n) is 13.9. The molecule has 0 radical (unpaired) electrons. The lowest BCUT2D eigenvalue weighted by Crippen LogP contribution is -2.09. The highest BCUT2D eigenvalue weighted by Crippen LogP contribution is 2.24. The molecule has 6 heteroatoms. The van der Waals surface area contributed by atoms with Crippen molar-refractivity contribution in [2.24, 2.45) is 14.1 Å². The molecule has 0 unspecified atom stereocenters. The van der Waals surface area contributed by atoms with Gasteiger partial charge in [0.2, 0.25) is 5.95 Å². The van der Waals surface area contributed by atoms with Gasteiger partial charge in [-0.25, -0.2) is 4.98 Å². The van der Waals surface area contributed by atoms with E-state index in [-0.39, 0.29) is 0 Å². The highest BCUT2D eigenvalue weighted by Gasteiger charge is 2.09. The number of anilines is 1. The zero-order valence-corrected chi connectivity index (χ0v) is 13.9. The highest BCUT2D eigenvalue weighted by atomic mass is 16.5. The van der Waals surface area contributed by atoms with Crippen LogP contribution in [0.25, 0.3) is 11.3 Å². The van der Waals surface area contributed by atoms with E-state index in [4.69, 9.17) is 4.74 Å². The molecule has 1 aromatic carbocycles. The van der Waals surface area contributed by atoms with Crippen molar-refractivity contribution >= 4 is 5.95 Å². The van der Waals surface area contributed by atoms with Gasteiger partial charge in [0.05, 0.1) is 36.9 Å². The van der Waals surface area contributed by atoms with E-state index >= 15 is 0 Å². The first-order valence-corrected chi connectivity index (χ1v) is 7.48. The lowest BCUT2D eigenvalue weighted by atomic mass is 10.1. The summed E-state index contributed by atoms with van der Waals surface area (Å²) in [5.74, 6) is 1.68. The maximum absolute atomic E-state index is 5.20. The predicted molar refractivity (Wildman–Crippen MR) is 90.5 cm³/mol. The summed E-state index contributed by atoms with van der Waals surface area (Å²) >= 11 is 0. The predicted octanol–water partition coefficient (Wildman–Crippen LogP) is 2.75. The summed E-state index contributed by atoms with van der Waals surface area (Å²) < 4.78 is 9.13. The first-order chi connectivity index (χ1) is 11.1. The minimum atomic E-state index is 0.685. The number of imidazole rings is 1. The Morgan fingerprint density at radius 1 is 1.17 bits per heavy atom. The molecule has 0 spiro atoms. The number of aromatic nitrogens is 4. The second-order valence-electron chi connectivity index (χ2n) is 5.51.